The number of hydrogen-bond donors (Lipinski definition) is 2. The molecule has 7 nitrogen and oxygen atoms in total. The van der Waals surface area contributed by atoms with Crippen LogP contribution in [0.25, 0.3) is 0 Å². The van der Waals surface area contributed by atoms with E-state index in [-0.39, 0.29) is 29.3 Å². The highest BCUT2D eigenvalue weighted by Crippen LogP contribution is 2.47. The number of nitrogens with zero attached hydrogens (tertiary/aromatic N) is 3. The number of halogens is 1. The third-order valence-corrected chi connectivity index (χ3v) is 10.7. The fraction of sp³-hybridized carbons (Fsp3) is 0.359. The van der Waals surface area contributed by atoms with Crippen molar-refractivity contribution in [2.75, 3.05) is 62.2 Å². The second-order valence-corrected chi connectivity index (χ2v) is 13.5. The zero-order chi connectivity index (χ0) is 31.9. The Bertz CT molecular complexity index is 1750. The molecule has 0 aromatic heterocycles. The number of rotatable bonds is 6. The molecule has 4 heterocycles. The van der Waals surface area contributed by atoms with Crippen molar-refractivity contribution in [2.45, 2.75) is 31.2 Å². The summed E-state index contributed by atoms with van der Waals surface area (Å²) in [7, 11) is 0. The van der Waals surface area contributed by atoms with Crippen molar-refractivity contribution < 1.29 is 19.0 Å². The molecular weight excluding hydrogens is 591 g/mol. The molecule has 2 saturated heterocycles. The first-order chi connectivity index (χ1) is 23.0. The monoisotopic (exact) mass is 632 g/mol. The predicted octanol–water partition coefficient (Wildman–Crippen LogP) is 6.12. The number of ether oxygens (including phenoxy) is 1. The first-order valence-electron chi connectivity index (χ1n) is 16.9. The first kappa shape index (κ1) is 29.8. The van der Waals surface area contributed by atoms with Gasteiger partial charge in [-0.15, -0.1) is 0 Å². The summed E-state index contributed by atoms with van der Waals surface area (Å²) in [6.45, 7) is 7.67. The highest BCUT2D eigenvalue weighted by atomic mass is 19.1. The Morgan fingerprint density at radius 3 is 2.36 bits per heavy atom. The Labute approximate surface area is 275 Å². The Morgan fingerprint density at radius 1 is 0.830 bits per heavy atom. The first-order valence-corrected chi connectivity index (χ1v) is 16.9. The van der Waals surface area contributed by atoms with Gasteiger partial charge < -0.3 is 25.0 Å². The fourth-order valence-electron chi connectivity index (χ4n) is 8.08. The number of piperidine rings is 1. The third kappa shape index (κ3) is 5.91. The molecule has 4 aliphatic heterocycles. The van der Waals surface area contributed by atoms with E-state index in [4.69, 9.17) is 4.74 Å². The van der Waals surface area contributed by atoms with Gasteiger partial charge in [-0.2, -0.15) is 0 Å². The second kappa shape index (κ2) is 12.6. The molecule has 0 bridgehead atoms. The molecule has 8 heteroatoms. The molecule has 2 fully saturated rings. The van der Waals surface area contributed by atoms with Gasteiger partial charge in [-0.25, -0.2) is 4.39 Å². The Balaban J connectivity index is 0.880. The van der Waals surface area contributed by atoms with Crippen LogP contribution in [-0.2, 0) is 6.54 Å². The average Bonchev–Trinajstić information content (AvgIpc) is 3.47. The Kier molecular flexibility index (Phi) is 7.97. The number of carbonyl (C=O) groups is 1. The molecule has 2 atom stereocenters. The fourth-order valence-corrected chi connectivity index (χ4v) is 8.08. The molecule has 8 rings (SSSR count). The van der Waals surface area contributed by atoms with Crippen LogP contribution in [0.2, 0.25) is 0 Å². The van der Waals surface area contributed by atoms with Gasteiger partial charge in [-0.1, -0.05) is 48.5 Å². The summed E-state index contributed by atoms with van der Waals surface area (Å²) in [5, 5.41) is 12.9. The smallest absolute Gasteiger partial charge is 0.252 e. The highest BCUT2D eigenvalue weighted by Gasteiger charge is 2.34. The standard InChI is InChI=1S/C39H41FN4O3/c40-35-22-33-29(23-41-39(33)46)20-36(35)44-18-16-42(17-19-44)24-26-12-14-43(15-13-26)30-8-6-28(7-9-30)38-32-11-10-31(45)21-37(32)47-25-34(38)27-4-2-1-3-5-27/h1-11,20-22,26,34,38,45H,12-19,23-25H2,(H,41,46). The SMILES string of the molecule is O=C1NCc2cc(N3CCN(CC4CCN(c5ccc(C6c7ccc(O)cc7OCC6c6ccccc6)cc5)CC4)CC3)c(F)cc21. The lowest BCUT2D eigenvalue weighted by molar-refractivity contribution is 0.0965. The number of anilines is 2. The van der Waals surface area contributed by atoms with Crippen LogP contribution in [0, 0.1) is 11.7 Å². The zero-order valence-electron chi connectivity index (χ0n) is 26.6. The molecule has 2 N–H and O–H groups in total. The maximum atomic E-state index is 14.9. The van der Waals surface area contributed by atoms with Gasteiger partial charge in [0.2, 0.25) is 0 Å². The van der Waals surface area contributed by atoms with Crippen LogP contribution in [-0.4, -0.2) is 68.3 Å². The molecule has 0 spiro atoms. The van der Waals surface area contributed by atoms with Crippen LogP contribution in [0.4, 0.5) is 15.8 Å². The third-order valence-electron chi connectivity index (χ3n) is 10.7. The summed E-state index contributed by atoms with van der Waals surface area (Å²) in [6.07, 6.45) is 2.32. The molecule has 47 heavy (non-hydrogen) atoms. The van der Waals surface area contributed by atoms with Crippen LogP contribution < -0.4 is 19.9 Å². The van der Waals surface area contributed by atoms with E-state index in [1.165, 1.54) is 22.9 Å². The summed E-state index contributed by atoms with van der Waals surface area (Å²) < 4.78 is 21.0. The number of piperazine rings is 1. The molecule has 0 aliphatic carbocycles. The van der Waals surface area contributed by atoms with Crippen molar-refractivity contribution in [3.8, 4) is 11.5 Å². The summed E-state index contributed by atoms with van der Waals surface area (Å²) in [4.78, 5) is 19.1. The second-order valence-electron chi connectivity index (χ2n) is 13.5. The van der Waals surface area contributed by atoms with Gasteiger partial charge in [0.1, 0.15) is 17.3 Å². The number of phenolic OH excluding ortho intramolecular Hbond substituents is 1. The van der Waals surface area contributed by atoms with Gasteiger partial charge in [0, 0.05) is 87.1 Å². The van der Waals surface area contributed by atoms with E-state index in [0.29, 0.717) is 30.3 Å². The van der Waals surface area contributed by atoms with E-state index in [2.05, 4.69) is 68.5 Å². The minimum Gasteiger partial charge on any atom is -0.508 e. The maximum Gasteiger partial charge on any atom is 0.252 e. The molecule has 0 radical (unpaired) electrons. The summed E-state index contributed by atoms with van der Waals surface area (Å²) in [5.41, 5.74) is 6.88. The summed E-state index contributed by atoms with van der Waals surface area (Å²) >= 11 is 0. The van der Waals surface area contributed by atoms with Gasteiger partial charge in [-0.05, 0) is 65.8 Å². The van der Waals surface area contributed by atoms with E-state index >= 15 is 0 Å². The number of nitrogens with one attached hydrogen (secondary N) is 1. The molecule has 4 aromatic rings. The molecular formula is C39H41FN4O3. The van der Waals surface area contributed by atoms with Gasteiger partial charge in [0.25, 0.3) is 5.91 Å². The van der Waals surface area contributed by atoms with Crippen molar-refractivity contribution in [3.05, 3.63) is 119 Å². The topological polar surface area (TPSA) is 68.3 Å². The Morgan fingerprint density at radius 2 is 1.60 bits per heavy atom. The minimum atomic E-state index is -0.302. The van der Waals surface area contributed by atoms with Gasteiger partial charge in [0.15, 0.2) is 0 Å². The Hall–Kier alpha value is -4.56. The van der Waals surface area contributed by atoms with Crippen LogP contribution in [0.15, 0.2) is 84.9 Å². The molecule has 242 valence electrons. The van der Waals surface area contributed by atoms with Crippen LogP contribution >= 0.6 is 0 Å². The molecule has 4 aliphatic rings. The lowest BCUT2D eigenvalue weighted by Crippen LogP contribution is -2.49. The summed E-state index contributed by atoms with van der Waals surface area (Å²) in [5.74, 6) is 1.49. The number of benzene rings is 4. The normalized spacial score (nSPS) is 21.6. The number of fused-ring (bicyclic) bond motifs is 2. The van der Waals surface area contributed by atoms with Crippen molar-refractivity contribution in [1.82, 2.24) is 10.2 Å². The van der Waals surface area contributed by atoms with Gasteiger partial charge >= 0.3 is 0 Å². The quantitative estimate of drug-likeness (QED) is 0.267. The van der Waals surface area contributed by atoms with Gasteiger partial charge in [0.05, 0.1) is 12.3 Å². The van der Waals surface area contributed by atoms with Gasteiger partial charge in [-0.3, -0.25) is 9.69 Å². The number of amides is 1. The van der Waals surface area contributed by atoms with Crippen molar-refractivity contribution >= 4 is 17.3 Å². The number of carbonyl (C=O) groups excluding carboxylic acids is 1. The summed E-state index contributed by atoms with van der Waals surface area (Å²) in [6, 6.07) is 28.5. The molecule has 0 saturated carbocycles. The van der Waals surface area contributed by atoms with Crippen LogP contribution in [0.1, 0.15) is 57.3 Å². The number of phenols is 1. The van der Waals surface area contributed by atoms with Crippen molar-refractivity contribution in [3.63, 3.8) is 0 Å². The molecule has 2 unspecified atom stereocenters. The lowest BCUT2D eigenvalue weighted by Gasteiger charge is -2.40. The van der Waals surface area contributed by atoms with E-state index < -0.39 is 0 Å². The van der Waals surface area contributed by atoms with Crippen molar-refractivity contribution in [1.29, 1.82) is 0 Å². The van der Waals surface area contributed by atoms with E-state index in [0.717, 1.165) is 75.5 Å². The molecule has 4 aromatic carbocycles. The predicted molar refractivity (Wildman–Crippen MR) is 182 cm³/mol. The van der Waals surface area contributed by atoms with Crippen molar-refractivity contribution in [2.24, 2.45) is 5.92 Å². The zero-order valence-corrected chi connectivity index (χ0v) is 26.6. The van der Waals surface area contributed by atoms with Crippen LogP contribution in [0.3, 0.4) is 0 Å². The highest BCUT2D eigenvalue weighted by molar-refractivity contribution is 5.98. The largest absolute Gasteiger partial charge is 0.508 e. The van der Waals surface area contributed by atoms with E-state index in [1.54, 1.807) is 12.1 Å². The molecule has 1 amide bonds. The average molecular weight is 633 g/mol. The number of aromatic hydroxyl groups is 1. The van der Waals surface area contributed by atoms with E-state index in [1.807, 2.05) is 18.2 Å². The van der Waals surface area contributed by atoms with Crippen LogP contribution in [0.5, 0.6) is 11.5 Å². The number of hydrogen-bond acceptors (Lipinski definition) is 6. The maximum absolute atomic E-state index is 14.9. The lowest BCUT2D eigenvalue weighted by atomic mass is 9.76. The van der Waals surface area contributed by atoms with E-state index in [9.17, 15) is 14.3 Å². The minimum absolute atomic E-state index is 0.141.